The number of hydrogen-bond acceptors (Lipinski definition) is 6. The first-order valence-electron chi connectivity index (χ1n) is 11.4. The number of aromatic hydroxyl groups is 1. The number of ether oxygens (including phenoxy) is 1. The van der Waals surface area contributed by atoms with Crippen molar-refractivity contribution in [2.24, 2.45) is 5.92 Å². The summed E-state index contributed by atoms with van der Waals surface area (Å²) in [4.78, 5) is 24.7. The lowest BCUT2D eigenvalue weighted by molar-refractivity contribution is 0.00679. The number of fused-ring (bicyclic) bond motifs is 1. The first-order chi connectivity index (χ1) is 15.4. The highest BCUT2D eigenvalue weighted by atomic mass is 32.2. The summed E-state index contributed by atoms with van der Waals surface area (Å²) in [6.45, 7) is 4.09. The quantitative estimate of drug-likeness (QED) is 0.288. The summed E-state index contributed by atoms with van der Waals surface area (Å²) in [6, 6.07) is 4.97. The fraction of sp³-hybridized carbons (Fsp3) is 0.520. The molecule has 1 aromatic carbocycles. The Balaban J connectivity index is 2.05. The molecule has 0 saturated carbocycles. The van der Waals surface area contributed by atoms with E-state index in [9.17, 15) is 19.8 Å². The Labute approximate surface area is 195 Å². The lowest BCUT2D eigenvalue weighted by atomic mass is 9.94. The van der Waals surface area contributed by atoms with Crippen LogP contribution in [0.25, 0.3) is 0 Å². The molecule has 3 atom stereocenters. The molecule has 0 spiro atoms. The number of phenols is 1. The first kappa shape index (κ1) is 26.0. The summed E-state index contributed by atoms with van der Waals surface area (Å²) < 4.78 is 5.70. The number of thioether (sulfide) groups is 1. The van der Waals surface area contributed by atoms with E-state index in [-0.39, 0.29) is 28.9 Å². The third kappa shape index (κ3) is 8.71. The summed E-state index contributed by atoms with van der Waals surface area (Å²) in [5, 5.41) is 23.4. The second-order valence-corrected chi connectivity index (χ2v) is 9.22. The zero-order chi connectivity index (χ0) is 23.3. The number of phenolic OH excluding ortho intramolecular Hbond substituents is 1. The molecular formula is C25H35NO5S. The van der Waals surface area contributed by atoms with Crippen molar-refractivity contribution >= 4 is 23.0 Å². The van der Waals surface area contributed by atoms with Crippen LogP contribution in [0.15, 0.2) is 42.6 Å². The van der Waals surface area contributed by atoms with E-state index in [1.807, 2.05) is 19.1 Å². The van der Waals surface area contributed by atoms with Gasteiger partial charge in [0, 0.05) is 24.8 Å². The molecule has 1 amide bonds. The summed E-state index contributed by atoms with van der Waals surface area (Å²) >= 11 is 1.25. The van der Waals surface area contributed by atoms with E-state index >= 15 is 0 Å². The second-order valence-electron chi connectivity index (χ2n) is 8.16. The van der Waals surface area contributed by atoms with Gasteiger partial charge in [-0.25, -0.2) is 4.79 Å². The number of esters is 1. The van der Waals surface area contributed by atoms with Crippen LogP contribution in [0.5, 0.6) is 5.75 Å². The lowest BCUT2D eigenvalue weighted by Gasteiger charge is -2.24. The van der Waals surface area contributed by atoms with Gasteiger partial charge in [0.2, 0.25) is 0 Å². The number of carbonyl (C=O) groups is 2. The maximum Gasteiger partial charge on any atom is 0.342 e. The number of amides is 1. The van der Waals surface area contributed by atoms with Crippen molar-refractivity contribution in [2.45, 2.75) is 71.0 Å². The Morgan fingerprint density at radius 2 is 2.12 bits per heavy atom. The Kier molecular flexibility index (Phi) is 11.4. The monoisotopic (exact) mass is 461 g/mol. The van der Waals surface area contributed by atoms with E-state index in [0.717, 1.165) is 25.0 Å². The highest BCUT2D eigenvalue weighted by molar-refractivity contribution is 8.13. The number of nitrogens with one attached hydrogen (secondary N) is 1. The summed E-state index contributed by atoms with van der Waals surface area (Å²) in [5.74, 6) is 0.0722. The van der Waals surface area contributed by atoms with Crippen LogP contribution in [0.3, 0.4) is 0 Å². The maximum absolute atomic E-state index is 12.9. The molecule has 1 aliphatic rings. The summed E-state index contributed by atoms with van der Waals surface area (Å²) in [6.07, 6.45) is 11.1. The molecule has 3 N–H and O–H groups in total. The van der Waals surface area contributed by atoms with E-state index in [1.165, 1.54) is 17.8 Å². The zero-order valence-electron chi connectivity index (χ0n) is 19.0. The number of carbonyl (C=O) groups excluding carboxylic acids is 2. The van der Waals surface area contributed by atoms with Crippen molar-refractivity contribution < 1.29 is 24.5 Å². The average Bonchev–Trinajstić information content (AvgIpc) is 2.76. The van der Waals surface area contributed by atoms with Gasteiger partial charge in [-0.3, -0.25) is 4.79 Å². The molecule has 2 rings (SSSR count). The molecule has 0 radical (unpaired) electrons. The number of allylic oxidation sites excluding steroid dienone is 2. The minimum absolute atomic E-state index is 0.0127. The van der Waals surface area contributed by atoms with Gasteiger partial charge in [-0.05, 0) is 36.8 Å². The molecule has 0 aromatic heterocycles. The van der Waals surface area contributed by atoms with E-state index in [0.29, 0.717) is 24.8 Å². The van der Waals surface area contributed by atoms with E-state index in [2.05, 4.69) is 12.2 Å². The third-order valence-electron chi connectivity index (χ3n) is 5.48. The van der Waals surface area contributed by atoms with Crippen LogP contribution in [0.2, 0.25) is 0 Å². The molecule has 1 heterocycles. The number of aliphatic hydroxyl groups excluding tert-OH is 1. The molecule has 0 aliphatic carbocycles. The molecule has 0 saturated heterocycles. The van der Waals surface area contributed by atoms with E-state index in [4.69, 9.17) is 4.74 Å². The second kappa shape index (κ2) is 14.0. The average molecular weight is 462 g/mol. The predicted molar refractivity (Wildman–Crippen MR) is 129 cm³/mol. The maximum atomic E-state index is 12.9. The highest BCUT2D eigenvalue weighted by Gasteiger charge is 2.25. The van der Waals surface area contributed by atoms with Crippen molar-refractivity contribution in [3.63, 3.8) is 0 Å². The molecule has 7 heteroatoms. The Bertz CT molecular complexity index is 808. The van der Waals surface area contributed by atoms with E-state index < -0.39 is 18.2 Å². The van der Waals surface area contributed by atoms with Crippen LogP contribution in [-0.2, 0) is 11.2 Å². The van der Waals surface area contributed by atoms with Gasteiger partial charge in [-0.1, -0.05) is 68.8 Å². The number of aliphatic hydroxyl groups is 1. The van der Waals surface area contributed by atoms with Crippen LogP contribution >= 0.6 is 11.8 Å². The standard InChI is InChI=1S/C25H35NO5S/c1-3-4-7-16-32-25(30)26-15-9-13-20-17-22(28)18(2)10-5-6-11-19-12-8-14-21(27)23(19)24(29)31-20/h5-6,8-9,12,14-15,18,20,22,27-28H,3-4,7,10-11,13,16-17H2,1-2H3,(H,26,30)/t18-,20?,22+/m0/s1. The Morgan fingerprint density at radius 3 is 2.91 bits per heavy atom. The predicted octanol–water partition coefficient (Wildman–Crippen LogP) is 5.34. The molecule has 1 aromatic rings. The zero-order valence-corrected chi connectivity index (χ0v) is 19.8. The smallest absolute Gasteiger partial charge is 0.342 e. The van der Waals surface area contributed by atoms with Crippen molar-refractivity contribution in [3.8, 4) is 5.75 Å². The van der Waals surface area contributed by atoms with Crippen molar-refractivity contribution in [2.75, 3.05) is 5.75 Å². The molecule has 0 fully saturated rings. The molecule has 1 aliphatic heterocycles. The normalized spacial score (nSPS) is 22.0. The van der Waals surface area contributed by atoms with Crippen LogP contribution < -0.4 is 5.32 Å². The molecular weight excluding hydrogens is 426 g/mol. The molecule has 6 nitrogen and oxygen atoms in total. The molecule has 0 bridgehead atoms. The van der Waals surface area contributed by atoms with Gasteiger partial charge in [0.05, 0.1) is 6.10 Å². The summed E-state index contributed by atoms with van der Waals surface area (Å²) in [7, 11) is 0. The van der Waals surface area contributed by atoms with Gasteiger partial charge in [0.15, 0.2) is 0 Å². The van der Waals surface area contributed by atoms with Gasteiger partial charge in [0.1, 0.15) is 17.4 Å². The number of unbranched alkanes of at least 4 members (excludes halogenated alkanes) is 2. The number of hydrogen-bond donors (Lipinski definition) is 3. The first-order valence-corrected chi connectivity index (χ1v) is 12.3. The van der Waals surface area contributed by atoms with Gasteiger partial charge in [0.25, 0.3) is 5.24 Å². The number of benzene rings is 1. The van der Waals surface area contributed by atoms with Crippen molar-refractivity contribution in [3.05, 3.63) is 53.8 Å². The highest BCUT2D eigenvalue weighted by Crippen LogP contribution is 2.26. The van der Waals surface area contributed by atoms with E-state index in [1.54, 1.807) is 24.4 Å². The number of rotatable bonds is 7. The Hall–Kier alpha value is -2.25. The number of cyclic esters (lactones) is 1. The van der Waals surface area contributed by atoms with Crippen LogP contribution in [0.4, 0.5) is 4.79 Å². The van der Waals surface area contributed by atoms with Crippen LogP contribution in [0, 0.1) is 5.92 Å². The molecule has 1 unspecified atom stereocenters. The minimum atomic E-state index is -0.641. The largest absolute Gasteiger partial charge is 0.507 e. The third-order valence-corrected chi connectivity index (χ3v) is 6.35. The molecule has 176 valence electrons. The van der Waals surface area contributed by atoms with Crippen molar-refractivity contribution in [1.82, 2.24) is 5.32 Å². The lowest BCUT2D eigenvalue weighted by Crippen LogP contribution is -2.28. The summed E-state index contributed by atoms with van der Waals surface area (Å²) in [5.41, 5.74) is 0.854. The van der Waals surface area contributed by atoms with Crippen LogP contribution in [0.1, 0.15) is 68.3 Å². The van der Waals surface area contributed by atoms with Crippen molar-refractivity contribution in [1.29, 1.82) is 0 Å². The topological polar surface area (TPSA) is 95.9 Å². The Morgan fingerprint density at radius 1 is 1.31 bits per heavy atom. The van der Waals surface area contributed by atoms with Gasteiger partial charge >= 0.3 is 5.97 Å². The van der Waals surface area contributed by atoms with Gasteiger partial charge in [-0.15, -0.1) is 0 Å². The van der Waals surface area contributed by atoms with Gasteiger partial charge in [-0.2, -0.15) is 0 Å². The minimum Gasteiger partial charge on any atom is -0.507 e. The SMILES string of the molecule is CCCCCSC(=O)NC=CCC1C[C@@H](O)[C@@H](C)CC=CCc2cccc(O)c2C(=O)O1. The molecule has 32 heavy (non-hydrogen) atoms. The fourth-order valence-electron chi connectivity index (χ4n) is 3.48. The van der Waals surface area contributed by atoms with Gasteiger partial charge < -0.3 is 20.3 Å². The van der Waals surface area contributed by atoms with Crippen LogP contribution in [-0.4, -0.2) is 39.4 Å². The fourth-order valence-corrected chi connectivity index (χ4v) is 4.17.